The van der Waals surface area contributed by atoms with Crippen molar-refractivity contribution in [1.29, 1.82) is 0 Å². The molecule has 2 aromatic rings. The van der Waals surface area contributed by atoms with Gasteiger partial charge < -0.3 is 10.2 Å². The molecule has 4 heteroatoms. The molecule has 0 spiro atoms. The molecule has 1 heterocycles. The van der Waals surface area contributed by atoms with Crippen molar-refractivity contribution in [3.05, 3.63) is 71.0 Å². The van der Waals surface area contributed by atoms with Gasteiger partial charge in [-0.2, -0.15) is 0 Å². The Morgan fingerprint density at radius 2 is 2.00 bits per heavy atom. The number of aryl methyl sites for hydroxylation is 1. The van der Waals surface area contributed by atoms with Crippen LogP contribution >= 0.6 is 0 Å². The molecule has 1 amide bonds. The third-order valence-electron chi connectivity index (χ3n) is 4.04. The van der Waals surface area contributed by atoms with Crippen molar-refractivity contribution in [1.82, 2.24) is 10.2 Å². The molecule has 3 nitrogen and oxygen atoms in total. The highest BCUT2D eigenvalue weighted by molar-refractivity contribution is 5.94. The Morgan fingerprint density at radius 1 is 1.23 bits per heavy atom. The molecule has 22 heavy (non-hydrogen) atoms. The molecule has 114 valence electrons. The Hall–Kier alpha value is -2.20. The van der Waals surface area contributed by atoms with Crippen LogP contribution in [0.25, 0.3) is 0 Å². The van der Waals surface area contributed by atoms with Gasteiger partial charge in [-0.1, -0.05) is 29.8 Å². The van der Waals surface area contributed by atoms with Gasteiger partial charge in [0, 0.05) is 25.2 Å². The van der Waals surface area contributed by atoms with Gasteiger partial charge in [-0.05, 0) is 36.8 Å². The van der Waals surface area contributed by atoms with E-state index in [1.807, 2.05) is 42.2 Å². The van der Waals surface area contributed by atoms with Crippen LogP contribution in [-0.2, 0) is 0 Å². The summed E-state index contributed by atoms with van der Waals surface area (Å²) in [6.07, 6.45) is 0. The molecule has 1 N–H and O–H groups in total. The fourth-order valence-electron chi connectivity index (χ4n) is 2.82. The number of amides is 1. The predicted octanol–water partition coefficient (Wildman–Crippen LogP) is 2.92. The van der Waals surface area contributed by atoms with Gasteiger partial charge in [-0.25, -0.2) is 4.39 Å². The molecule has 0 radical (unpaired) electrons. The molecule has 0 bridgehead atoms. The lowest BCUT2D eigenvalue weighted by Gasteiger charge is -2.36. The van der Waals surface area contributed by atoms with Crippen molar-refractivity contribution >= 4 is 5.91 Å². The Morgan fingerprint density at radius 3 is 2.73 bits per heavy atom. The van der Waals surface area contributed by atoms with Crippen molar-refractivity contribution in [2.24, 2.45) is 0 Å². The number of rotatable bonds is 2. The quantitative estimate of drug-likeness (QED) is 0.924. The molecular weight excluding hydrogens is 279 g/mol. The van der Waals surface area contributed by atoms with Crippen LogP contribution in [0.1, 0.15) is 27.5 Å². The fourth-order valence-corrected chi connectivity index (χ4v) is 2.82. The van der Waals surface area contributed by atoms with Gasteiger partial charge in [0.15, 0.2) is 0 Å². The molecule has 1 saturated heterocycles. The van der Waals surface area contributed by atoms with Crippen LogP contribution in [0, 0.1) is 12.7 Å². The fraction of sp³-hybridized carbons (Fsp3) is 0.278. The first kappa shape index (κ1) is 14.7. The maximum absolute atomic E-state index is 13.5. The van der Waals surface area contributed by atoms with Crippen LogP contribution in [0.2, 0.25) is 0 Å². The van der Waals surface area contributed by atoms with Crippen molar-refractivity contribution in [3.63, 3.8) is 0 Å². The number of hydrogen-bond acceptors (Lipinski definition) is 2. The van der Waals surface area contributed by atoms with E-state index >= 15 is 0 Å². The number of halogens is 1. The minimum Gasteiger partial charge on any atom is -0.329 e. The summed E-state index contributed by atoms with van der Waals surface area (Å²) < 4.78 is 13.5. The Bertz CT molecular complexity index is 669. The van der Waals surface area contributed by atoms with Gasteiger partial charge in [0.1, 0.15) is 5.82 Å². The maximum Gasteiger partial charge on any atom is 0.254 e. The number of carbonyl (C=O) groups excluding carboxylic acids is 1. The molecular formula is C18H19FN2O. The highest BCUT2D eigenvalue weighted by atomic mass is 19.1. The second kappa shape index (κ2) is 6.28. The Labute approximate surface area is 129 Å². The first-order valence-electron chi connectivity index (χ1n) is 7.49. The lowest BCUT2D eigenvalue weighted by Crippen LogP contribution is -2.48. The highest BCUT2D eigenvalue weighted by Gasteiger charge is 2.28. The van der Waals surface area contributed by atoms with E-state index in [9.17, 15) is 9.18 Å². The van der Waals surface area contributed by atoms with Gasteiger partial charge in [-0.15, -0.1) is 0 Å². The summed E-state index contributed by atoms with van der Waals surface area (Å²) in [6, 6.07) is 13.9. The first-order valence-corrected chi connectivity index (χ1v) is 7.49. The molecule has 0 aliphatic carbocycles. The predicted molar refractivity (Wildman–Crippen MR) is 84.2 cm³/mol. The number of piperazine rings is 1. The van der Waals surface area contributed by atoms with E-state index in [1.165, 1.54) is 12.1 Å². The largest absolute Gasteiger partial charge is 0.329 e. The zero-order valence-electron chi connectivity index (χ0n) is 12.6. The molecule has 1 atom stereocenters. The number of nitrogens with zero attached hydrogens (tertiary/aromatic N) is 1. The summed E-state index contributed by atoms with van der Waals surface area (Å²) in [4.78, 5) is 14.6. The first-order chi connectivity index (χ1) is 10.6. The maximum atomic E-state index is 13.5. The van der Waals surface area contributed by atoms with Crippen molar-refractivity contribution in [3.8, 4) is 0 Å². The monoisotopic (exact) mass is 298 g/mol. The minimum atomic E-state index is -0.272. The van der Waals surface area contributed by atoms with Gasteiger partial charge in [0.25, 0.3) is 5.91 Å². The third-order valence-corrected chi connectivity index (χ3v) is 4.04. The minimum absolute atomic E-state index is 0.00392. The average molecular weight is 298 g/mol. The van der Waals surface area contributed by atoms with Crippen molar-refractivity contribution in [2.45, 2.75) is 13.0 Å². The third kappa shape index (κ3) is 3.02. The number of nitrogens with one attached hydrogen (secondary N) is 1. The number of hydrogen-bond donors (Lipinski definition) is 1. The van der Waals surface area contributed by atoms with Crippen molar-refractivity contribution in [2.75, 3.05) is 19.6 Å². The zero-order valence-corrected chi connectivity index (χ0v) is 12.6. The summed E-state index contributed by atoms with van der Waals surface area (Å²) in [5, 5.41) is 3.28. The molecule has 1 unspecified atom stereocenters. The van der Waals surface area contributed by atoms with Crippen LogP contribution in [0.3, 0.4) is 0 Å². The van der Waals surface area contributed by atoms with Crippen LogP contribution in [0.5, 0.6) is 0 Å². The second-order valence-electron chi connectivity index (χ2n) is 5.64. The molecule has 0 saturated carbocycles. The van der Waals surface area contributed by atoms with Crippen LogP contribution in [-0.4, -0.2) is 30.4 Å². The molecule has 1 fully saturated rings. The topological polar surface area (TPSA) is 32.3 Å². The van der Waals surface area contributed by atoms with Gasteiger partial charge in [-0.3, -0.25) is 4.79 Å². The highest BCUT2D eigenvalue weighted by Crippen LogP contribution is 2.24. The lowest BCUT2D eigenvalue weighted by atomic mass is 10.0. The second-order valence-corrected chi connectivity index (χ2v) is 5.64. The summed E-state index contributed by atoms with van der Waals surface area (Å²) in [5.41, 5.74) is 2.63. The zero-order chi connectivity index (χ0) is 15.5. The van der Waals surface area contributed by atoms with Crippen molar-refractivity contribution < 1.29 is 9.18 Å². The smallest absolute Gasteiger partial charge is 0.254 e. The summed E-state index contributed by atoms with van der Waals surface area (Å²) in [5.74, 6) is -0.276. The summed E-state index contributed by atoms with van der Waals surface area (Å²) in [6.45, 7) is 4.01. The van der Waals surface area contributed by atoms with Gasteiger partial charge in [0.2, 0.25) is 0 Å². The van der Waals surface area contributed by atoms with Crippen LogP contribution in [0.4, 0.5) is 4.39 Å². The molecule has 3 rings (SSSR count). The van der Waals surface area contributed by atoms with E-state index in [0.717, 1.165) is 17.7 Å². The number of benzene rings is 2. The standard InChI is InChI=1S/C18H19FN2O/c1-13-5-7-14(8-6-13)18(22)21-10-9-20-12-17(21)15-3-2-4-16(19)11-15/h2-8,11,17,20H,9-10,12H2,1H3. The molecule has 1 aliphatic rings. The molecule has 1 aliphatic heterocycles. The van der Waals surface area contributed by atoms with E-state index < -0.39 is 0 Å². The van der Waals surface area contributed by atoms with Crippen LogP contribution in [0.15, 0.2) is 48.5 Å². The Balaban J connectivity index is 1.89. The summed E-state index contributed by atoms with van der Waals surface area (Å²) in [7, 11) is 0. The van der Waals surface area contributed by atoms with E-state index in [1.54, 1.807) is 6.07 Å². The normalized spacial score (nSPS) is 18.3. The average Bonchev–Trinajstić information content (AvgIpc) is 2.55. The molecule has 2 aromatic carbocycles. The lowest BCUT2D eigenvalue weighted by molar-refractivity contribution is 0.0634. The SMILES string of the molecule is Cc1ccc(C(=O)N2CCNCC2c2cccc(F)c2)cc1. The van der Waals surface area contributed by atoms with E-state index in [4.69, 9.17) is 0 Å². The summed E-state index contributed by atoms with van der Waals surface area (Å²) >= 11 is 0. The molecule has 0 aromatic heterocycles. The van der Waals surface area contributed by atoms with E-state index in [-0.39, 0.29) is 17.8 Å². The van der Waals surface area contributed by atoms with E-state index in [0.29, 0.717) is 18.7 Å². The van der Waals surface area contributed by atoms with E-state index in [2.05, 4.69) is 5.32 Å². The van der Waals surface area contributed by atoms with Gasteiger partial charge >= 0.3 is 0 Å². The Kier molecular flexibility index (Phi) is 4.20. The van der Waals surface area contributed by atoms with Gasteiger partial charge in [0.05, 0.1) is 6.04 Å². The van der Waals surface area contributed by atoms with Crippen LogP contribution < -0.4 is 5.32 Å². The number of carbonyl (C=O) groups is 1.